The van der Waals surface area contributed by atoms with Crippen LogP contribution in [-0.2, 0) is 0 Å². The molecule has 0 saturated heterocycles. The second-order valence-electron chi connectivity index (χ2n) is 2.15. The third kappa shape index (κ3) is 0.980. The third-order valence-electron chi connectivity index (χ3n) is 1.41. The monoisotopic (exact) mass is 160 g/mol. The quantitative estimate of drug-likeness (QED) is 0.365. The molecule has 2 rings (SSSR count). The van der Waals surface area contributed by atoms with Gasteiger partial charge in [0.05, 0.1) is 0 Å². The first-order valence-corrected chi connectivity index (χ1v) is 3.31. The molecule has 0 radical (unpaired) electrons. The number of benzene rings is 1. The van der Waals surface area contributed by atoms with Crippen LogP contribution in [0.3, 0.4) is 0 Å². The van der Waals surface area contributed by atoms with E-state index in [1.807, 2.05) is 12.1 Å². The predicted molar refractivity (Wildman–Crippen MR) is 42.8 cm³/mol. The summed E-state index contributed by atoms with van der Waals surface area (Å²) in [5.41, 5.74) is 9.42. The number of para-hydroxylation sites is 2. The topological polar surface area (TPSA) is 74.8 Å². The molecule has 5 nitrogen and oxygen atoms in total. The van der Waals surface area contributed by atoms with Crippen LogP contribution in [0.2, 0.25) is 0 Å². The summed E-state index contributed by atoms with van der Waals surface area (Å²) in [7, 11) is 0. The molecule has 0 fully saturated rings. The fourth-order valence-corrected chi connectivity index (χ4v) is 0.941. The summed E-state index contributed by atoms with van der Waals surface area (Å²) in [6.45, 7) is 0. The summed E-state index contributed by atoms with van der Waals surface area (Å²) in [4.78, 5) is 6.49. The molecule has 0 unspecified atom stereocenters. The van der Waals surface area contributed by atoms with Gasteiger partial charge in [-0.25, -0.2) is 4.98 Å². The number of rotatable bonds is 1. The molecule has 0 aliphatic rings. The lowest BCUT2D eigenvalue weighted by atomic mass is 10.3. The highest BCUT2D eigenvalue weighted by Crippen LogP contribution is 2.19. The van der Waals surface area contributed by atoms with Gasteiger partial charge in [-0.15, -0.1) is 0 Å². The van der Waals surface area contributed by atoms with Crippen molar-refractivity contribution in [3.05, 3.63) is 34.7 Å². The van der Waals surface area contributed by atoms with E-state index in [9.17, 15) is 0 Å². The largest absolute Gasteiger partial charge is 0.435 e. The zero-order chi connectivity index (χ0) is 8.39. The van der Waals surface area contributed by atoms with Crippen LogP contribution >= 0.6 is 0 Å². The zero-order valence-corrected chi connectivity index (χ0v) is 6.01. The van der Waals surface area contributed by atoms with Crippen LogP contribution < -0.4 is 0 Å². The molecule has 0 aliphatic carbocycles. The molecule has 12 heavy (non-hydrogen) atoms. The van der Waals surface area contributed by atoms with E-state index < -0.39 is 0 Å². The fourth-order valence-electron chi connectivity index (χ4n) is 0.941. The average molecular weight is 160 g/mol. The molecule has 0 atom stereocenters. The summed E-state index contributed by atoms with van der Waals surface area (Å²) in [6.07, 6.45) is 0. The van der Waals surface area contributed by atoms with Crippen LogP contribution in [0.15, 0.2) is 33.8 Å². The number of hydrogen-bond donors (Lipinski definition) is 0. The number of azide groups is 1. The molecule has 5 heteroatoms. The Hall–Kier alpha value is -2.00. The summed E-state index contributed by atoms with van der Waals surface area (Å²) >= 11 is 0. The Balaban J connectivity index is 2.69. The number of aromatic nitrogens is 1. The van der Waals surface area contributed by atoms with Crippen molar-refractivity contribution in [2.45, 2.75) is 0 Å². The number of fused-ring (bicyclic) bond motifs is 1. The van der Waals surface area contributed by atoms with Crippen LogP contribution in [0, 0.1) is 0 Å². The van der Waals surface area contributed by atoms with Crippen LogP contribution in [0.5, 0.6) is 0 Å². The Morgan fingerprint density at radius 1 is 1.42 bits per heavy atom. The molecule has 0 N–H and O–H groups in total. The number of nitrogens with zero attached hydrogens (tertiary/aromatic N) is 4. The summed E-state index contributed by atoms with van der Waals surface area (Å²) in [5.74, 6) is 0. The lowest BCUT2D eigenvalue weighted by Gasteiger charge is -1.79. The maximum atomic E-state index is 8.10. The van der Waals surface area contributed by atoms with Crippen molar-refractivity contribution in [3.8, 4) is 0 Å². The summed E-state index contributed by atoms with van der Waals surface area (Å²) in [5, 5.41) is 3.25. The fraction of sp³-hybridized carbons (Fsp3) is 0. The van der Waals surface area contributed by atoms with Gasteiger partial charge in [-0.3, -0.25) is 0 Å². The minimum absolute atomic E-state index is 0.0544. The van der Waals surface area contributed by atoms with Crippen LogP contribution in [0.1, 0.15) is 0 Å². The molecular weight excluding hydrogens is 156 g/mol. The van der Waals surface area contributed by atoms with Crippen molar-refractivity contribution in [2.24, 2.45) is 5.11 Å². The molecule has 0 amide bonds. The van der Waals surface area contributed by atoms with Gasteiger partial charge in [-0.05, 0) is 22.8 Å². The highest BCUT2D eigenvalue weighted by Gasteiger charge is 2.00. The Labute approximate surface area is 67.3 Å². The zero-order valence-electron chi connectivity index (χ0n) is 6.01. The smallest absolute Gasteiger partial charge is 0.284 e. The first-order valence-electron chi connectivity index (χ1n) is 3.31. The van der Waals surface area contributed by atoms with Gasteiger partial charge in [0.2, 0.25) is 0 Å². The van der Waals surface area contributed by atoms with Gasteiger partial charge in [0, 0.05) is 4.91 Å². The second kappa shape index (κ2) is 2.56. The Kier molecular flexibility index (Phi) is 1.43. The molecule has 1 aromatic heterocycles. The standard InChI is InChI=1S/C7H4N4O/c8-11-10-7-9-5-3-1-2-4-6(5)12-7/h1-4H. The normalized spacial score (nSPS) is 9.67. The molecule has 0 bridgehead atoms. The lowest BCUT2D eigenvalue weighted by Crippen LogP contribution is -1.62. The molecule has 0 saturated carbocycles. The van der Waals surface area contributed by atoms with Gasteiger partial charge >= 0.3 is 0 Å². The lowest BCUT2D eigenvalue weighted by molar-refractivity contribution is 0.612. The Morgan fingerprint density at radius 2 is 2.25 bits per heavy atom. The van der Waals surface area contributed by atoms with E-state index in [-0.39, 0.29) is 6.01 Å². The maximum Gasteiger partial charge on any atom is 0.284 e. The van der Waals surface area contributed by atoms with Crippen molar-refractivity contribution in [2.75, 3.05) is 0 Å². The molecule has 58 valence electrons. The highest BCUT2D eigenvalue weighted by atomic mass is 16.4. The second-order valence-corrected chi connectivity index (χ2v) is 2.15. The van der Waals surface area contributed by atoms with E-state index in [1.54, 1.807) is 12.1 Å². The first-order chi connectivity index (χ1) is 5.90. The van der Waals surface area contributed by atoms with Gasteiger partial charge < -0.3 is 4.42 Å². The average Bonchev–Trinajstić information content (AvgIpc) is 2.47. The van der Waals surface area contributed by atoms with E-state index in [4.69, 9.17) is 9.95 Å². The van der Waals surface area contributed by atoms with E-state index in [0.717, 1.165) is 0 Å². The molecule has 2 aromatic rings. The summed E-state index contributed by atoms with van der Waals surface area (Å²) in [6, 6.07) is 7.27. The minimum Gasteiger partial charge on any atom is -0.435 e. The van der Waals surface area contributed by atoms with Gasteiger partial charge in [0.25, 0.3) is 6.01 Å². The number of hydrogen-bond acceptors (Lipinski definition) is 3. The molecule has 1 heterocycles. The van der Waals surface area contributed by atoms with Crippen molar-refractivity contribution in [3.63, 3.8) is 0 Å². The van der Waals surface area contributed by atoms with Gasteiger partial charge in [-0.1, -0.05) is 12.1 Å². The predicted octanol–water partition coefficient (Wildman–Crippen LogP) is 2.77. The first kappa shape index (κ1) is 6.69. The SMILES string of the molecule is [N-]=[N+]=Nc1nc2ccccc2o1. The van der Waals surface area contributed by atoms with Crippen LogP contribution in [0.25, 0.3) is 21.5 Å². The van der Waals surface area contributed by atoms with Crippen molar-refractivity contribution in [1.29, 1.82) is 0 Å². The minimum atomic E-state index is 0.0544. The molecule has 1 aromatic carbocycles. The van der Waals surface area contributed by atoms with Crippen molar-refractivity contribution >= 4 is 17.1 Å². The molecule has 0 aliphatic heterocycles. The van der Waals surface area contributed by atoms with E-state index >= 15 is 0 Å². The van der Waals surface area contributed by atoms with Crippen molar-refractivity contribution in [1.82, 2.24) is 4.98 Å². The van der Waals surface area contributed by atoms with Crippen LogP contribution in [-0.4, -0.2) is 4.98 Å². The summed E-state index contributed by atoms with van der Waals surface area (Å²) < 4.78 is 5.08. The maximum absolute atomic E-state index is 8.10. The van der Waals surface area contributed by atoms with E-state index in [2.05, 4.69) is 15.0 Å². The van der Waals surface area contributed by atoms with E-state index in [0.29, 0.717) is 11.1 Å². The highest BCUT2D eigenvalue weighted by molar-refractivity contribution is 5.73. The third-order valence-corrected chi connectivity index (χ3v) is 1.41. The molecular formula is C7H4N4O. The van der Waals surface area contributed by atoms with Crippen molar-refractivity contribution < 1.29 is 4.42 Å². The molecule has 0 spiro atoms. The van der Waals surface area contributed by atoms with E-state index in [1.165, 1.54) is 0 Å². The van der Waals surface area contributed by atoms with Gasteiger partial charge in [0.15, 0.2) is 5.58 Å². The van der Waals surface area contributed by atoms with Gasteiger partial charge in [-0.2, -0.15) is 0 Å². The van der Waals surface area contributed by atoms with Crippen LogP contribution in [0.4, 0.5) is 6.01 Å². The van der Waals surface area contributed by atoms with Gasteiger partial charge in [0.1, 0.15) is 5.52 Å². The Morgan fingerprint density at radius 3 is 3.00 bits per heavy atom. The number of oxazole rings is 1. The Bertz CT molecular complexity index is 422.